The van der Waals surface area contributed by atoms with Crippen LogP contribution >= 0.6 is 50.4 Å². The van der Waals surface area contributed by atoms with Crippen molar-refractivity contribution in [1.82, 2.24) is 19.9 Å². The first-order valence-corrected chi connectivity index (χ1v) is 15.8. The molecule has 0 radical (unpaired) electrons. The molecule has 0 bridgehead atoms. The summed E-state index contributed by atoms with van der Waals surface area (Å²) < 4.78 is 8.37. The standard InChI is InChI=1S/C28H24BrN5O2S3/c1-17(35)34-10-7-18(8-11-34)23-16-38-28(32-23)33-27-24(36-19-5-3-2-4-6-19)13-20(14-31-27)39-25-21(29)15-30-22-9-12-37-26(22)25/h2-6,9,12-16,18H,7-8,10-11H2,1H3,(H,31,32,33). The molecule has 7 nitrogen and oxygen atoms in total. The Bertz CT molecular complexity index is 1620. The molecule has 0 spiro atoms. The fraction of sp³-hybridized carbons (Fsp3) is 0.214. The number of likely N-dealkylation sites (tertiary alicyclic amines) is 1. The van der Waals surface area contributed by atoms with Crippen LogP contribution in [0.3, 0.4) is 0 Å². The highest BCUT2D eigenvalue weighted by atomic mass is 79.9. The molecule has 0 atom stereocenters. The third kappa shape index (κ3) is 5.96. The minimum Gasteiger partial charge on any atom is -0.453 e. The molecule has 1 amide bonds. The van der Waals surface area contributed by atoms with Gasteiger partial charge >= 0.3 is 0 Å². The van der Waals surface area contributed by atoms with Gasteiger partial charge in [0, 0.05) is 59.6 Å². The SMILES string of the molecule is CC(=O)N1CCC(c2csc(Nc3ncc(Sc4c(Br)cnc5ccsc45)cc3Oc3ccccc3)n2)CC1. The maximum atomic E-state index is 11.7. The lowest BCUT2D eigenvalue weighted by Crippen LogP contribution is -2.36. The van der Waals surface area contributed by atoms with Crippen molar-refractivity contribution in [3.05, 3.63) is 75.8 Å². The highest BCUT2D eigenvalue weighted by molar-refractivity contribution is 9.10. The Morgan fingerprint density at radius 3 is 2.74 bits per heavy atom. The van der Waals surface area contributed by atoms with E-state index < -0.39 is 0 Å². The molecular formula is C28H24BrN5O2S3. The normalized spacial score (nSPS) is 14.1. The van der Waals surface area contributed by atoms with Gasteiger partial charge in [-0.25, -0.2) is 9.97 Å². The Kier molecular flexibility index (Phi) is 7.83. The molecule has 1 fully saturated rings. The van der Waals surface area contributed by atoms with Crippen molar-refractivity contribution in [3.8, 4) is 11.5 Å². The zero-order chi connectivity index (χ0) is 26.8. The molecular weight excluding hydrogens is 614 g/mol. The number of carbonyl (C=O) groups is 1. The number of aromatic nitrogens is 3. The molecule has 5 aromatic rings. The Balaban J connectivity index is 1.25. The summed E-state index contributed by atoms with van der Waals surface area (Å²) in [6.45, 7) is 3.19. The highest BCUT2D eigenvalue weighted by Crippen LogP contribution is 2.43. The van der Waals surface area contributed by atoms with Gasteiger partial charge in [0.15, 0.2) is 16.7 Å². The van der Waals surface area contributed by atoms with Crippen LogP contribution in [0.4, 0.5) is 10.9 Å². The summed E-state index contributed by atoms with van der Waals surface area (Å²) in [7, 11) is 0. The predicted molar refractivity (Wildman–Crippen MR) is 162 cm³/mol. The molecule has 0 saturated carbocycles. The van der Waals surface area contributed by atoms with Gasteiger partial charge in [-0.15, -0.1) is 22.7 Å². The summed E-state index contributed by atoms with van der Waals surface area (Å²) in [5, 5.41) is 8.31. The molecule has 1 aliphatic heterocycles. The van der Waals surface area contributed by atoms with E-state index in [1.807, 2.05) is 59.8 Å². The summed E-state index contributed by atoms with van der Waals surface area (Å²) in [6.07, 6.45) is 5.55. The van der Waals surface area contributed by atoms with Crippen LogP contribution in [0.1, 0.15) is 31.4 Å². The first kappa shape index (κ1) is 26.2. The van der Waals surface area contributed by atoms with Gasteiger partial charge in [-0.05, 0) is 52.4 Å². The first-order valence-electron chi connectivity index (χ1n) is 12.4. The van der Waals surface area contributed by atoms with Crippen LogP contribution in [0.25, 0.3) is 10.2 Å². The second kappa shape index (κ2) is 11.6. The molecule has 4 aromatic heterocycles. The number of thiophene rings is 1. The van der Waals surface area contributed by atoms with Gasteiger partial charge in [0.05, 0.1) is 20.4 Å². The van der Waals surface area contributed by atoms with Crippen LogP contribution in [0.15, 0.2) is 79.9 Å². The number of pyridine rings is 2. The van der Waals surface area contributed by atoms with Crippen molar-refractivity contribution >= 4 is 77.4 Å². The Labute approximate surface area is 246 Å². The number of benzene rings is 1. The lowest BCUT2D eigenvalue weighted by molar-refractivity contribution is -0.129. The minimum absolute atomic E-state index is 0.142. The zero-order valence-corrected chi connectivity index (χ0v) is 25.0. The number of nitrogens with zero attached hydrogens (tertiary/aromatic N) is 4. The maximum Gasteiger partial charge on any atom is 0.219 e. The lowest BCUT2D eigenvalue weighted by atomic mass is 9.94. The first-order chi connectivity index (χ1) is 19.0. The molecule has 1 aliphatic rings. The van der Waals surface area contributed by atoms with Crippen molar-refractivity contribution < 1.29 is 9.53 Å². The molecule has 5 heterocycles. The van der Waals surface area contributed by atoms with Crippen molar-refractivity contribution in [2.24, 2.45) is 0 Å². The average molecular weight is 639 g/mol. The highest BCUT2D eigenvalue weighted by Gasteiger charge is 2.24. The van der Waals surface area contributed by atoms with E-state index in [0.717, 1.165) is 67.0 Å². The van der Waals surface area contributed by atoms with Gasteiger partial charge in [0.2, 0.25) is 5.91 Å². The Morgan fingerprint density at radius 1 is 1.13 bits per heavy atom. The van der Waals surface area contributed by atoms with Crippen LogP contribution in [0, 0.1) is 0 Å². The van der Waals surface area contributed by atoms with Gasteiger partial charge in [0.25, 0.3) is 0 Å². The number of piperidine rings is 1. The van der Waals surface area contributed by atoms with Crippen LogP contribution in [-0.2, 0) is 4.79 Å². The van der Waals surface area contributed by atoms with E-state index in [9.17, 15) is 4.79 Å². The average Bonchev–Trinajstić information content (AvgIpc) is 3.62. The van der Waals surface area contributed by atoms with E-state index in [-0.39, 0.29) is 5.91 Å². The van der Waals surface area contributed by atoms with E-state index in [4.69, 9.17) is 14.7 Å². The Hall–Kier alpha value is -2.99. The van der Waals surface area contributed by atoms with Crippen molar-refractivity contribution in [2.75, 3.05) is 18.4 Å². The van der Waals surface area contributed by atoms with Crippen LogP contribution in [0.2, 0.25) is 0 Å². The number of rotatable bonds is 7. The molecule has 39 heavy (non-hydrogen) atoms. The van der Waals surface area contributed by atoms with E-state index in [1.54, 1.807) is 41.4 Å². The Morgan fingerprint density at radius 2 is 1.95 bits per heavy atom. The van der Waals surface area contributed by atoms with E-state index in [0.29, 0.717) is 17.5 Å². The number of hydrogen-bond donors (Lipinski definition) is 1. The van der Waals surface area contributed by atoms with E-state index in [1.165, 1.54) is 0 Å². The van der Waals surface area contributed by atoms with Crippen molar-refractivity contribution in [2.45, 2.75) is 35.5 Å². The van der Waals surface area contributed by atoms with Crippen molar-refractivity contribution in [3.63, 3.8) is 0 Å². The van der Waals surface area contributed by atoms with Crippen molar-refractivity contribution in [1.29, 1.82) is 0 Å². The topological polar surface area (TPSA) is 80.2 Å². The number of hydrogen-bond acceptors (Lipinski definition) is 9. The van der Waals surface area contributed by atoms with Crippen LogP contribution in [0.5, 0.6) is 11.5 Å². The largest absolute Gasteiger partial charge is 0.453 e. The van der Waals surface area contributed by atoms with Gasteiger partial charge in [-0.3, -0.25) is 9.78 Å². The number of fused-ring (bicyclic) bond motifs is 1. The minimum atomic E-state index is 0.142. The molecule has 198 valence electrons. The summed E-state index contributed by atoms with van der Waals surface area (Å²) in [6, 6.07) is 13.7. The third-order valence-electron chi connectivity index (χ3n) is 6.51. The molecule has 1 saturated heterocycles. The maximum absolute atomic E-state index is 11.7. The second-order valence-electron chi connectivity index (χ2n) is 9.09. The number of thiazole rings is 1. The number of para-hydroxylation sites is 1. The fourth-order valence-corrected chi connectivity index (χ4v) is 7.85. The summed E-state index contributed by atoms with van der Waals surface area (Å²) in [5.74, 6) is 2.44. The number of ether oxygens (including phenoxy) is 1. The number of halogens is 1. The quantitative estimate of drug-likeness (QED) is 0.192. The van der Waals surface area contributed by atoms with Crippen LogP contribution < -0.4 is 10.1 Å². The molecule has 1 aromatic carbocycles. The van der Waals surface area contributed by atoms with E-state index >= 15 is 0 Å². The second-order valence-corrected chi connectivity index (χ2v) is 12.8. The molecule has 0 unspecified atom stereocenters. The summed E-state index contributed by atoms with van der Waals surface area (Å²) in [5.41, 5.74) is 2.04. The van der Waals surface area contributed by atoms with Gasteiger partial charge in [-0.1, -0.05) is 30.0 Å². The summed E-state index contributed by atoms with van der Waals surface area (Å²) in [4.78, 5) is 29.8. The van der Waals surface area contributed by atoms with Gasteiger partial charge in [0.1, 0.15) is 5.75 Å². The molecule has 1 N–H and O–H groups in total. The lowest BCUT2D eigenvalue weighted by Gasteiger charge is -2.30. The molecule has 0 aliphatic carbocycles. The van der Waals surface area contributed by atoms with Gasteiger partial charge in [-0.2, -0.15) is 0 Å². The third-order valence-corrected chi connectivity index (χ3v) is 10.3. The number of carbonyl (C=O) groups excluding carboxylic acids is 1. The number of anilines is 2. The number of nitrogens with one attached hydrogen (secondary N) is 1. The summed E-state index contributed by atoms with van der Waals surface area (Å²) >= 11 is 8.52. The monoisotopic (exact) mass is 637 g/mol. The van der Waals surface area contributed by atoms with Gasteiger partial charge < -0.3 is 15.0 Å². The number of amides is 1. The smallest absolute Gasteiger partial charge is 0.219 e. The molecule has 6 rings (SSSR count). The predicted octanol–water partition coefficient (Wildman–Crippen LogP) is 8.32. The zero-order valence-electron chi connectivity index (χ0n) is 21.0. The fourth-order valence-electron chi connectivity index (χ4n) is 4.47. The molecule has 11 heteroatoms. The van der Waals surface area contributed by atoms with Crippen LogP contribution in [-0.4, -0.2) is 38.8 Å². The van der Waals surface area contributed by atoms with E-state index in [2.05, 4.69) is 37.0 Å².